The van der Waals surface area contributed by atoms with Crippen LogP contribution in [0.4, 0.5) is 10.1 Å². The predicted octanol–water partition coefficient (Wildman–Crippen LogP) is 3.07. The lowest BCUT2D eigenvalue weighted by molar-refractivity contribution is -0.137. The molecule has 0 aliphatic carbocycles. The van der Waals surface area contributed by atoms with Crippen LogP contribution in [0.15, 0.2) is 77.7 Å². The fraction of sp³-hybridized carbons (Fsp3) is 0.192. The predicted molar refractivity (Wildman–Crippen MR) is 136 cm³/mol. The van der Waals surface area contributed by atoms with Gasteiger partial charge < -0.3 is 4.90 Å². The Bertz CT molecular complexity index is 1430. The van der Waals surface area contributed by atoms with Gasteiger partial charge in [-0.25, -0.2) is 22.8 Å². The lowest BCUT2D eigenvalue weighted by Crippen LogP contribution is -2.47. The molecule has 3 aromatic rings. The summed E-state index contributed by atoms with van der Waals surface area (Å²) in [7, 11) is -3.85. The molecule has 2 N–H and O–H groups in total. The molecular weight excluding hydrogens is 521 g/mol. The van der Waals surface area contributed by atoms with Crippen LogP contribution < -0.4 is 10.0 Å². The van der Waals surface area contributed by atoms with E-state index < -0.39 is 33.7 Å². The Balaban J connectivity index is 1.58. The number of halogens is 2. The van der Waals surface area contributed by atoms with Gasteiger partial charge in [0.2, 0.25) is 21.8 Å². The van der Waals surface area contributed by atoms with Crippen molar-refractivity contribution in [1.29, 1.82) is 0 Å². The van der Waals surface area contributed by atoms with Gasteiger partial charge in [0.25, 0.3) is 5.91 Å². The number of rotatable bonds is 8. The van der Waals surface area contributed by atoms with Gasteiger partial charge in [0, 0.05) is 11.6 Å². The average molecular weight is 544 g/mol. The molecule has 1 aliphatic heterocycles. The smallest absolute Gasteiger partial charge is 0.257 e. The first-order valence-electron chi connectivity index (χ1n) is 11.3. The number of sulfonamides is 1. The van der Waals surface area contributed by atoms with Crippen LogP contribution >= 0.6 is 11.6 Å². The second kappa shape index (κ2) is 10.8. The minimum Gasteiger partial charge on any atom is -0.329 e. The Kier molecular flexibility index (Phi) is 7.72. The third-order valence-electron chi connectivity index (χ3n) is 6.07. The van der Waals surface area contributed by atoms with Crippen molar-refractivity contribution in [2.75, 3.05) is 11.4 Å². The van der Waals surface area contributed by atoms with Gasteiger partial charge >= 0.3 is 0 Å². The van der Waals surface area contributed by atoms with Crippen LogP contribution in [0.25, 0.3) is 0 Å². The van der Waals surface area contributed by atoms with Crippen LogP contribution in [-0.2, 0) is 37.2 Å². The molecule has 1 atom stereocenters. The van der Waals surface area contributed by atoms with Gasteiger partial charge in [0.15, 0.2) is 0 Å². The fourth-order valence-electron chi connectivity index (χ4n) is 4.15. The number of anilines is 1. The van der Waals surface area contributed by atoms with Crippen molar-refractivity contribution in [2.45, 2.75) is 30.2 Å². The summed E-state index contributed by atoms with van der Waals surface area (Å²) < 4.78 is 36.4. The van der Waals surface area contributed by atoms with E-state index in [0.717, 1.165) is 17.0 Å². The highest BCUT2D eigenvalue weighted by molar-refractivity contribution is 7.89. The number of benzene rings is 3. The maximum absolute atomic E-state index is 13.4. The molecule has 11 heteroatoms. The van der Waals surface area contributed by atoms with E-state index >= 15 is 0 Å². The molecule has 1 fully saturated rings. The Labute approximate surface area is 218 Å². The van der Waals surface area contributed by atoms with E-state index in [4.69, 9.17) is 16.7 Å². The fourth-order valence-corrected chi connectivity index (χ4v) is 4.79. The maximum Gasteiger partial charge on any atom is 0.257 e. The zero-order chi connectivity index (χ0) is 26.7. The molecule has 4 rings (SSSR count). The van der Waals surface area contributed by atoms with Crippen LogP contribution in [0.1, 0.15) is 17.5 Å². The van der Waals surface area contributed by atoms with Crippen LogP contribution in [0, 0.1) is 5.82 Å². The second-order valence-corrected chi connectivity index (χ2v) is 10.6. The van der Waals surface area contributed by atoms with Crippen molar-refractivity contribution < 1.29 is 27.2 Å². The highest BCUT2D eigenvalue weighted by Crippen LogP contribution is 2.27. The molecular formula is C26H23ClFN3O5S. The molecule has 1 aliphatic rings. The number of carbonyl (C=O) groups excluding carboxylic acids is 3. The van der Waals surface area contributed by atoms with Crippen molar-refractivity contribution in [3.05, 3.63) is 94.8 Å². The van der Waals surface area contributed by atoms with Gasteiger partial charge in [0.1, 0.15) is 11.9 Å². The standard InChI is InChI=1S/C26H23ClFN3O5S/c27-19-5-1-18(2-6-19)15-24(32)30(14-13-17-3-11-22(12-4-17)37(29,35)36)23-16-25(33)31(26(23)34)21-9-7-20(28)8-10-21/h1-12,23H,13-16H2,(H2,29,35,36). The first-order valence-corrected chi connectivity index (χ1v) is 13.2. The van der Waals surface area contributed by atoms with Crippen LogP contribution in [0.5, 0.6) is 0 Å². The van der Waals surface area contributed by atoms with E-state index in [1.165, 1.54) is 29.2 Å². The van der Waals surface area contributed by atoms with Gasteiger partial charge in [-0.1, -0.05) is 35.9 Å². The van der Waals surface area contributed by atoms with Crippen LogP contribution in [-0.4, -0.2) is 43.6 Å². The highest BCUT2D eigenvalue weighted by Gasteiger charge is 2.44. The summed E-state index contributed by atoms with van der Waals surface area (Å²) in [4.78, 5) is 41.8. The molecule has 0 saturated carbocycles. The number of primary sulfonamides is 1. The van der Waals surface area contributed by atoms with Crippen molar-refractivity contribution in [3.63, 3.8) is 0 Å². The lowest BCUT2D eigenvalue weighted by atomic mass is 10.1. The van der Waals surface area contributed by atoms with E-state index in [1.807, 2.05) is 0 Å². The topological polar surface area (TPSA) is 118 Å². The molecule has 1 unspecified atom stereocenters. The Morgan fingerprint density at radius 1 is 0.973 bits per heavy atom. The number of carbonyl (C=O) groups is 3. The number of nitrogens with two attached hydrogens (primary N) is 1. The van der Waals surface area contributed by atoms with E-state index in [1.54, 1.807) is 36.4 Å². The number of amides is 3. The summed E-state index contributed by atoms with van der Waals surface area (Å²) in [5, 5.41) is 5.66. The van der Waals surface area contributed by atoms with Gasteiger partial charge in [-0.3, -0.25) is 14.4 Å². The molecule has 0 spiro atoms. The van der Waals surface area contributed by atoms with Gasteiger partial charge in [-0.15, -0.1) is 0 Å². The number of hydrogen-bond donors (Lipinski definition) is 1. The van der Waals surface area contributed by atoms with Crippen LogP contribution in [0.2, 0.25) is 5.02 Å². The Morgan fingerprint density at radius 2 is 1.57 bits per heavy atom. The summed E-state index contributed by atoms with van der Waals surface area (Å²) in [5.74, 6) is -1.95. The first kappa shape index (κ1) is 26.5. The Morgan fingerprint density at radius 3 is 2.16 bits per heavy atom. The van der Waals surface area contributed by atoms with E-state index in [2.05, 4.69) is 0 Å². The summed E-state index contributed by atoms with van der Waals surface area (Å²) in [6.45, 7) is 0.0993. The summed E-state index contributed by atoms with van der Waals surface area (Å²) in [6, 6.07) is 16.5. The maximum atomic E-state index is 13.4. The molecule has 3 amide bonds. The molecule has 3 aromatic carbocycles. The molecule has 0 bridgehead atoms. The minimum absolute atomic E-state index is 0.0178. The Hall–Kier alpha value is -3.60. The molecule has 192 valence electrons. The van der Waals surface area contributed by atoms with Gasteiger partial charge in [-0.05, 0) is 66.1 Å². The summed E-state index contributed by atoms with van der Waals surface area (Å²) >= 11 is 5.94. The second-order valence-electron chi connectivity index (χ2n) is 8.59. The summed E-state index contributed by atoms with van der Waals surface area (Å²) in [6.07, 6.45) is 0.0642. The average Bonchev–Trinajstić information content (AvgIpc) is 3.14. The monoisotopic (exact) mass is 543 g/mol. The van der Waals surface area contributed by atoms with Crippen molar-refractivity contribution in [1.82, 2.24) is 4.90 Å². The summed E-state index contributed by atoms with van der Waals surface area (Å²) in [5.41, 5.74) is 1.62. The SMILES string of the molecule is NS(=O)(=O)c1ccc(CCN(C(=O)Cc2ccc(Cl)cc2)C2CC(=O)N(c3ccc(F)cc3)C2=O)cc1. The third-order valence-corrected chi connectivity index (χ3v) is 7.25. The quantitative estimate of drug-likeness (QED) is 0.438. The largest absolute Gasteiger partial charge is 0.329 e. The highest BCUT2D eigenvalue weighted by atomic mass is 35.5. The van der Waals surface area contributed by atoms with E-state index in [-0.39, 0.29) is 35.9 Å². The number of nitrogens with zero attached hydrogens (tertiary/aromatic N) is 2. The molecule has 1 saturated heterocycles. The van der Waals surface area contributed by atoms with E-state index in [9.17, 15) is 27.2 Å². The van der Waals surface area contributed by atoms with E-state index in [0.29, 0.717) is 22.6 Å². The number of imide groups is 1. The van der Waals surface area contributed by atoms with Crippen molar-refractivity contribution >= 4 is 45.0 Å². The molecule has 0 aromatic heterocycles. The zero-order valence-electron chi connectivity index (χ0n) is 19.5. The molecule has 0 radical (unpaired) electrons. The lowest BCUT2D eigenvalue weighted by Gasteiger charge is -2.28. The molecule has 1 heterocycles. The van der Waals surface area contributed by atoms with Crippen LogP contribution in [0.3, 0.4) is 0 Å². The minimum atomic E-state index is -3.85. The van der Waals surface area contributed by atoms with Gasteiger partial charge in [0.05, 0.1) is 23.4 Å². The number of hydrogen-bond acceptors (Lipinski definition) is 5. The first-order chi connectivity index (χ1) is 17.5. The molecule has 8 nitrogen and oxygen atoms in total. The molecule has 37 heavy (non-hydrogen) atoms. The zero-order valence-corrected chi connectivity index (χ0v) is 21.1. The normalized spacial score (nSPS) is 15.8. The van der Waals surface area contributed by atoms with Gasteiger partial charge in [-0.2, -0.15) is 0 Å². The van der Waals surface area contributed by atoms with Crippen molar-refractivity contribution in [2.24, 2.45) is 5.14 Å². The van der Waals surface area contributed by atoms with Crippen molar-refractivity contribution in [3.8, 4) is 0 Å². The third kappa shape index (κ3) is 6.22.